The van der Waals surface area contributed by atoms with Crippen LogP contribution in [0, 0.1) is 0 Å². The molecule has 1 saturated heterocycles. The molecule has 1 amide bonds. The van der Waals surface area contributed by atoms with Crippen molar-refractivity contribution in [2.45, 2.75) is 19.1 Å². The maximum absolute atomic E-state index is 13.3. The fourth-order valence-corrected chi connectivity index (χ4v) is 4.37. The average Bonchev–Trinajstić information content (AvgIpc) is 3.47. The van der Waals surface area contributed by atoms with E-state index in [4.69, 9.17) is 11.6 Å². The number of fused-ring (bicyclic) bond motifs is 1. The highest BCUT2D eigenvalue weighted by molar-refractivity contribution is 6.34. The maximum atomic E-state index is 13.3. The second-order valence-corrected chi connectivity index (χ2v) is 8.54. The number of H-pyrrole nitrogens is 1. The number of nitrogens with zero attached hydrogens (tertiary/aromatic N) is 5. The molecular formula is C22H20ClF3N8O. The van der Waals surface area contributed by atoms with Crippen molar-refractivity contribution in [2.24, 2.45) is 0 Å². The first-order valence-corrected chi connectivity index (χ1v) is 11.1. The average molecular weight is 505 g/mol. The van der Waals surface area contributed by atoms with Gasteiger partial charge in [-0.15, -0.1) is 0 Å². The lowest BCUT2D eigenvalue weighted by atomic mass is 10.1. The van der Waals surface area contributed by atoms with Crippen LogP contribution in [-0.4, -0.2) is 61.0 Å². The zero-order valence-corrected chi connectivity index (χ0v) is 19.2. The van der Waals surface area contributed by atoms with Crippen LogP contribution >= 0.6 is 11.6 Å². The van der Waals surface area contributed by atoms with Crippen molar-refractivity contribution in [3.8, 4) is 11.3 Å². The molecule has 4 heterocycles. The summed E-state index contributed by atoms with van der Waals surface area (Å²) >= 11 is 6.45. The smallest absolute Gasteiger partial charge is 0.337 e. The summed E-state index contributed by atoms with van der Waals surface area (Å²) < 4.78 is 41.5. The van der Waals surface area contributed by atoms with E-state index in [0.717, 1.165) is 6.54 Å². The number of halogens is 4. The number of carbonyl (C=O) groups is 1. The Hall–Kier alpha value is -3.64. The first-order chi connectivity index (χ1) is 16.7. The second-order valence-electron chi connectivity index (χ2n) is 8.13. The molecule has 0 spiro atoms. The summed E-state index contributed by atoms with van der Waals surface area (Å²) in [7, 11) is 0. The first-order valence-electron chi connectivity index (χ1n) is 10.8. The molecule has 13 heteroatoms. The summed E-state index contributed by atoms with van der Waals surface area (Å²) in [6.45, 7) is 4.00. The molecule has 1 aliphatic rings. The van der Waals surface area contributed by atoms with Gasteiger partial charge in [-0.1, -0.05) is 11.6 Å². The summed E-state index contributed by atoms with van der Waals surface area (Å²) in [5, 5.41) is 12.2. The molecule has 0 radical (unpaired) electrons. The van der Waals surface area contributed by atoms with Crippen LogP contribution < -0.4 is 10.6 Å². The molecule has 1 aliphatic heterocycles. The fourth-order valence-electron chi connectivity index (χ4n) is 4.11. The Bertz CT molecular complexity index is 1400. The number of imidazole rings is 1. The second kappa shape index (κ2) is 8.86. The lowest BCUT2D eigenvalue weighted by molar-refractivity contribution is -0.140. The maximum Gasteiger partial charge on any atom is 0.435 e. The molecule has 35 heavy (non-hydrogen) atoms. The van der Waals surface area contributed by atoms with E-state index in [-0.39, 0.29) is 28.2 Å². The minimum absolute atomic E-state index is 0.0506. The summed E-state index contributed by atoms with van der Waals surface area (Å²) in [6.07, 6.45) is 0.838. The highest BCUT2D eigenvalue weighted by Gasteiger charge is 2.37. The van der Waals surface area contributed by atoms with Gasteiger partial charge in [0.2, 0.25) is 0 Å². The van der Waals surface area contributed by atoms with E-state index in [9.17, 15) is 18.0 Å². The van der Waals surface area contributed by atoms with Gasteiger partial charge < -0.3 is 15.5 Å². The molecule has 182 valence electrons. The summed E-state index contributed by atoms with van der Waals surface area (Å²) in [5.74, 6) is 0.163. The number of alkyl halides is 3. The fraction of sp³-hybridized carbons (Fsp3) is 0.273. The Labute approximate surface area is 202 Å². The van der Waals surface area contributed by atoms with Crippen LogP contribution in [0.4, 0.5) is 24.7 Å². The summed E-state index contributed by atoms with van der Waals surface area (Å²) in [6, 6.07) is 4.99. The molecule has 0 saturated carbocycles. The molecule has 3 N–H and O–H groups in total. The topological polar surface area (TPSA) is 103 Å². The van der Waals surface area contributed by atoms with E-state index in [0.29, 0.717) is 35.8 Å². The molecule has 5 rings (SSSR count). The Morgan fingerprint density at radius 2 is 2.11 bits per heavy atom. The third kappa shape index (κ3) is 4.30. The van der Waals surface area contributed by atoms with Crippen molar-refractivity contribution in [2.75, 3.05) is 25.0 Å². The third-order valence-corrected chi connectivity index (χ3v) is 6.15. The standard InChI is InChI=1S/C22H20ClF3N8O/c1-12-9-27-4-6-33(12)21(35)14-3-2-13(8-16(14)23)31-19-20-29-11-17(34(20)7-5-28-19)15-10-30-32-18(15)22(24,25)26/h2-3,5,7-8,10-12,27H,4,6,9H2,1H3,(H,28,31)(H,30,32)/t12-/m0/s1. The van der Waals surface area contributed by atoms with Crippen LogP contribution in [-0.2, 0) is 6.18 Å². The first kappa shape index (κ1) is 23.1. The van der Waals surface area contributed by atoms with Crippen LogP contribution in [0.3, 0.4) is 0 Å². The van der Waals surface area contributed by atoms with Crippen molar-refractivity contribution in [1.29, 1.82) is 0 Å². The Morgan fingerprint density at radius 1 is 1.29 bits per heavy atom. The van der Waals surface area contributed by atoms with Crippen molar-refractivity contribution < 1.29 is 18.0 Å². The molecule has 4 aromatic rings. The number of benzene rings is 1. The van der Waals surface area contributed by atoms with Crippen molar-refractivity contribution >= 4 is 34.7 Å². The Kier molecular flexibility index (Phi) is 5.85. The Morgan fingerprint density at radius 3 is 2.86 bits per heavy atom. The molecule has 0 bridgehead atoms. The highest BCUT2D eigenvalue weighted by Crippen LogP contribution is 2.36. The van der Waals surface area contributed by atoms with Crippen LogP contribution in [0.15, 0.2) is 43.0 Å². The number of aromatic amines is 1. The molecule has 0 unspecified atom stereocenters. The van der Waals surface area contributed by atoms with E-state index in [1.165, 1.54) is 29.2 Å². The number of piperazine rings is 1. The van der Waals surface area contributed by atoms with Gasteiger partial charge >= 0.3 is 6.18 Å². The normalized spacial score (nSPS) is 16.6. The number of hydrogen-bond acceptors (Lipinski definition) is 6. The number of amides is 1. The third-order valence-electron chi connectivity index (χ3n) is 5.84. The Balaban J connectivity index is 1.43. The SMILES string of the molecule is C[C@H]1CNCCN1C(=O)c1ccc(Nc2nccn3c(-c4c[nH]nc4C(F)(F)F)cnc23)cc1Cl. The van der Waals surface area contributed by atoms with E-state index in [1.807, 2.05) is 6.92 Å². The molecular weight excluding hydrogens is 485 g/mol. The number of carbonyl (C=O) groups excluding carboxylic acids is 1. The van der Waals surface area contributed by atoms with Gasteiger partial charge in [0.15, 0.2) is 17.2 Å². The number of aromatic nitrogens is 5. The predicted molar refractivity (Wildman–Crippen MR) is 124 cm³/mol. The summed E-state index contributed by atoms with van der Waals surface area (Å²) in [4.78, 5) is 23.3. The zero-order chi connectivity index (χ0) is 24.7. The van der Waals surface area contributed by atoms with Crippen LogP contribution in [0.5, 0.6) is 0 Å². The van der Waals surface area contributed by atoms with Gasteiger partial charge in [-0.3, -0.25) is 14.3 Å². The van der Waals surface area contributed by atoms with Gasteiger partial charge in [-0.05, 0) is 25.1 Å². The monoisotopic (exact) mass is 504 g/mol. The van der Waals surface area contributed by atoms with E-state index in [2.05, 4.69) is 30.8 Å². The lowest BCUT2D eigenvalue weighted by Crippen LogP contribution is -2.52. The largest absolute Gasteiger partial charge is 0.435 e. The molecule has 9 nitrogen and oxygen atoms in total. The van der Waals surface area contributed by atoms with Crippen LogP contribution in [0.1, 0.15) is 23.0 Å². The predicted octanol–water partition coefficient (Wildman–Crippen LogP) is 3.97. The van der Waals surface area contributed by atoms with Gasteiger partial charge in [0.1, 0.15) is 0 Å². The van der Waals surface area contributed by atoms with E-state index in [1.54, 1.807) is 23.1 Å². The van der Waals surface area contributed by atoms with E-state index >= 15 is 0 Å². The van der Waals surface area contributed by atoms with Gasteiger partial charge in [0.25, 0.3) is 5.91 Å². The van der Waals surface area contributed by atoms with Crippen molar-refractivity contribution in [3.63, 3.8) is 0 Å². The van der Waals surface area contributed by atoms with Gasteiger partial charge in [0, 0.05) is 50.0 Å². The molecule has 3 aromatic heterocycles. The van der Waals surface area contributed by atoms with Crippen molar-refractivity contribution in [1.82, 2.24) is 34.8 Å². The summed E-state index contributed by atoms with van der Waals surface area (Å²) in [5.41, 5.74) is 0.286. The van der Waals surface area contributed by atoms with Crippen LogP contribution in [0.25, 0.3) is 16.9 Å². The molecule has 1 fully saturated rings. The minimum Gasteiger partial charge on any atom is -0.337 e. The lowest BCUT2D eigenvalue weighted by Gasteiger charge is -2.34. The number of hydrogen-bond donors (Lipinski definition) is 3. The molecule has 1 aromatic carbocycles. The van der Waals surface area contributed by atoms with Gasteiger partial charge in [-0.25, -0.2) is 9.97 Å². The number of anilines is 2. The van der Waals surface area contributed by atoms with Gasteiger partial charge in [-0.2, -0.15) is 18.3 Å². The zero-order valence-electron chi connectivity index (χ0n) is 18.4. The van der Waals surface area contributed by atoms with Crippen molar-refractivity contribution in [3.05, 3.63) is 59.3 Å². The van der Waals surface area contributed by atoms with Crippen LogP contribution in [0.2, 0.25) is 5.02 Å². The quantitative estimate of drug-likeness (QED) is 0.388. The van der Waals surface area contributed by atoms with Gasteiger partial charge in [0.05, 0.1) is 28.0 Å². The molecule has 1 atom stereocenters. The number of nitrogens with one attached hydrogen (secondary N) is 3. The minimum atomic E-state index is -4.62. The highest BCUT2D eigenvalue weighted by atomic mass is 35.5. The number of rotatable bonds is 4. The molecule has 0 aliphatic carbocycles. The van der Waals surface area contributed by atoms with E-state index < -0.39 is 11.9 Å².